The minimum Gasteiger partial charge on any atom is -0.872 e. The highest BCUT2D eigenvalue weighted by Crippen LogP contribution is 2.25. The van der Waals surface area contributed by atoms with Gasteiger partial charge in [-0.05, 0) is 38.0 Å². The molecule has 2 rings (SSSR count). The maximum absolute atomic E-state index is 12.0. The Morgan fingerprint density at radius 2 is 1.81 bits per heavy atom. The summed E-state index contributed by atoms with van der Waals surface area (Å²) in [5.74, 6) is -0.242. The smallest absolute Gasteiger partial charge is 0.270 e. The van der Waals surface area contributed by atoms with Gasteiger partial charge in [-0.1, -0.05) is 29.0 Å². The topological polar surface area (TPSA) is 78.6 Å². The molecule has 0 aromatic heterocycles. The van der Waals surface area contributed by atoms with Crippen LogP contribution >= 0.6 is 0 Å². The van der Waals surface area contributed by atoms with Crippen molar-refractivity contribution in [3.8, 4) is 5.75 Å². The van der Waals surface area contributed by atoms with E-state index in [1.165, 1.54) is 18.3 Å². The van der Waals surface area contributed by atoms with Crippen LogP contribution in [-0.2, 0) is 0 Å². The molecule has 2 aromatic rings. The van der Waals surface area contributed by atoms with Crippen molar-refractivity contribution < 1.29 is 10.0 Å². The van der Waals surface area contributed by atoms with E-state index in [-0.39, 0.29) is 17.0 Å². The minimum absolute atomic E-state index is 0.103. The first-order valence-corrected chi connectivity index (χ1v) is 6.46. The van der Waals surface area contributed by atoms with Gasteiger partial charge in [-0.15, -0.1) is 0 Å². The van der Waals surface area contributed by atoms with E-state index in [0.29, 0.717) is 5.56 Å². The van der Waals surface area contributed by atoms with Crippen molar-refractivity contribution in [1.82, 2.24) is 0 Å². The van der Waals surface area contributed by atoms with E-state index in [9.17, 15) is 15.2 Å². The van der Waals surface area contributed by atoms with Gasteiger partial charge < -0.3 is 5.11 Å². The number of aryl methyl sites for hydroxylation is 3. The number of hydrogen-bond acceptors (Lipinski definition) is 4. The molecule has 0 saturated heterocycles. The number of nitro groups is 1. The van der Waals surface area contributed by atoms with Crippen molar-refractivity contribution in [3.63, 3.8) is 0 Å². The van der Waals surface area contributed by atoms with Gasteiger partial charge in [-0.2, -0.15) is 0 Å². The summed E-state index contributed by atoms with van der Waals surface area (Å²) in [5.41, 5.74) is 3.31. The van der Waals surface area contributed by atoms with E-state index in [1.807, 2.05) is 32.0 Å². The van der Waals surface area contributed by atoms with E-state index in [0.717, 1.165) is 16.8 Å². The first kappa shape index (κ1) is 14.7. The lowest BCUT2D eigenvalue weighted by Crippen LogP contribution is -2.01. The number of nitrogens with zero attached hydrogens (tertiary/aromatic N) is 2. The second kappa shape index (κ2) is 5.75. The van der Waals surface area contributed by atoms with Crippen molar-refractivity contribution in [2.75, 3.05) is 0 Å². The number of rotatable bonds is 3. The molecule has 0 aliphatic carbocycles. The number of non-ortho nitro benzene ring substituents is 1. The van der Waals surface area contributed by atoms with E-state index >= 15 is 0 Å². The number of benzene rings is 2. The average molecular weight is 283 g/mol. The molecule has 0 atom stereocenters. The molecule has 0 aliphatic rings. The largest absolute Gasteiger partial charge is 0.872 e. The fraction of sp³-hybridized carbons (Fsp3) is 0.188. The standard InChI is InChI=1S/C16H16N2O3/c1-10-4-5-15(11(2)6-10)17-9-13-8-14(18(20)21)7-12(3)16(13)19/h4-9,19H,1-3H3/p-1. The average Bonchev–Trinajstić information content (AvgIpc) is 2.41. The van der Waals surface area contributed by atoms with Crippen LogP contribution in [0, 0.1) is 30.9 Å². The van der Waals surface area contributed by atoms with Gasteiger partial charge in [0, 0.05) is 18.3 Å². The highest BCUT2D eigenvalue weighted by molar-refractivity contribution is 5.87. The fourth-order valence-electron chi connectivity index (χ4n) is 2.07. The Labute approximate surface area is 122 Å². The van der Waals surface area contributed by atoms with Gasteiger partial charge in [-0.3, -0.25) is 15.1 Å². The number of hydrogen-bond donors (Lipinski definition) is 0. The molecular weight excluding hydrogens is 268 g/mol. The van der Waals surface area contributed by atoms with Gasteiger partial charge in [0.1, 0.15) is 0 Å². The zero-order valence-electron chi connectivity index (χ0n) is 12.1. The molecule has 0 unspecified atom stereocenters. The molecule has 5 heteroatoms. The number of nitro benzene ring substituents is 1. The normalized spacial score (nSPS) is 11.0. The molecule has 0 fully saturated rings. The number of aliphatic imine (C=N–C) groups is 1. The highest BCUT2D eigenvalue weighted by Gasteiger charge is 2.08. The summed E-state index contributed by atoms with van der Waals surface area (Å²) in [7, 11) is 0. The summed E-state index contributed by atoms with van der Waals surface area (Å²) >= 11 is 0. The fourth-order valence-corrected chi connectivity index (χ4v) is 2.07. The Morgan fingerprint density at radius 1 is 1.10 bits per heavy atom. The molecule has 0 heterocycles. The van der Waals surface area contributed by atoms with E-state index in [4.69, 9.17) is 0 Å². The van der Waals surface area contributed by atoms with Crippen molar-refractivity contribution >= 4 is 17.6 Å². The lowest BCUT2D eigenvalue weighted by atomic mass is 10.1. The van der Waals surface area contributed by atoms with Crippen molar-refractivity contribution in [2.45, 2.75) is 20.8 Å². The lowest BCUT2D eigenvalue weighted by Gasteiger charge is -2.13. The molecule has 2 aromatic carbocycles. The van der Waals surface area contributed by atoms with Crippen molar-refractivity contribution in [1.29, 1.82) is 0 Å². The molecule has 0 spiro atoms. The molecule has 0 saturated carbocycles. The van der Waals surface area contributed by atoms with Crippen LogP contribution in [0.5, 0.6) is 5.75 Å². The van der Waals surface area contributed by atoms with Crippen molar-refractivity contribution in [3.05, 3.63) is 62.7 Å². The van der Waals surface area contributed by atoms with Gasteiger partial charge in [0.25, 0.3) is 5.69 Å². The molecule has 0 radical (unpaired) electrons. The molecular formula is C16H15N2O3-. The summed E-state index contributed by atoms with van der Waals surface area (Å²) in [4.78, 5) is 14.6. The summed E-state index contributed by atoms with van der Waals surface area (Å²) in [6.07, 6.45) is 1.39. The lowest BCUT2D eigenvalue weighted by molar-refractivity contribution is -0.385. The Morgan fingerprint density at radius 3 is 2.43 bits per heavy atom. The van der Waals surface area contributed by atoms with Crippen LogP contribution in [0.1, 0.15) is 22.3 Å². The molecule has 21 heavy (non-hydrogen) atoms. The first-order valence-electron chi connectivity index (χ1n) is 6.46. The zero-order chi connectivity index (χ0) is 15.6. The third-order valence-corrected chi connectivity index (χ3v) is 3.19. The van der Waals surface area contributed by atoms with Crippen LogP contribution in [0.15, 0.2) is 35.3 Å². The van der Waals surface area contributed by atoms with Crippen molar-refractivity contribution in [2.24, 2.45) is 4.99 Å². The molecule has 0 N–H and O–H groups in total. The minimum atomic E-state index is -0.513. The molecule has 0 aliphatic heterocycles. The highest BCUT2D eigenvalue weighted by atomic mass is 16.6. The monoisotopic (exact) mass is 283 g/mol. The quantitative estimate of drug-likeness (QED) is 0.492. The van der Waals surface area contributed by atoms with Crippen LogP contribution in [0.3, 0.4) is 0 Å². The summed E-state index contributed by atoms with van der Waals surface area (Å²) in [6, 6.07) is 8.30. The van der Waals surface area contributed by atoms with E-state index < -0.39 is 4.92 Å². The molecule has 0 bridgehead atoms. The van der Waals surface area contributed by atoms with Gasteiger partial charge in [-0.25, -0.2) is 0 Å². The van der Waals surface area contributed by atoms with Gasteiger partial charge in [0.05, 0.1) is 10.6 Å². The third kappa shape index (κ3) is 3.25. The summed E-state index contributed by atoms with van der Waals surface area (Å²) in [6.45, 7) is 5.47. The van der Waals surface area contributed by atoms with Crippen LogP contribution in [-0.4, -0.2) is 11.1 Å². The summed E-state index contributed by atoms with van der Waals surface area (Å²) in [5, 5.41) is 22.8. The van der Waals surface area contributed by atoms with Crippen LogP contribution in [0.2, 0.25) is 0 Å². The second-order valence-electron chi connectivity index (χ2n) is 4.99. The van der Waals surface area contributed by atoms with Crippen LogP contribution in [0.25, 0.3) is 0 Å². The predicted molar refractivity (Wildman–Crippen MR) is 80.4 cm³/mol. The summed E-state index contributed by atoms with van der Waals surface area (Å²) < 4.78 is 0. The first-order chi connectivity index (χ1) is 9.88. The molecule has 108 valence electrons. The SMILES string of the molecule is Cc1ccc(N=Cc2cc([N+](=O)[O-])cc(C)c2[O-])c(C)c1. The third-order valence-electron chi connectivity index (χ3n) is 3.19. The Balaban J connectivity index is 2.43. The van der Waals surface area contributed by atoms with Crippen LogP contribution in [0.4, 0.5) is 11.4 Å². The van der Waals surface area contributed by atoms with Gasteiger partial charge in [0.2, 0.25) is 0 Å². The maximum Gasteiger partial charge on any atom is 0.270 e. The molecule has 0 amide bonds. The Bertz CT molecular complexity index is 737. The van der Waals surface area contributed by atoms with E-state index in [2.05, 4.69) is 4.99 Å². The van der Waals surface area contributed by atoms with Gasteiger partial charge >= 0.3 is 0 Å². The van der Waals surface area contributed by atoms with E-state index in [1.54, 1.807) is 6.92 Å². The van der Waals surface area contributed by atoms with Crippen LogP contribution < -0.4 is 5.11 Å². The zero-order valence-corrected chi connectivity index (χ0v) is 12.1. The second-order valence-corrected chi connectivity index (χ2v) is 4.99. The predicted octanol–water partition coefficient (Wildman–Crippen LogP) is 3.34. The molecule has 5 nitrogen and oxygen atoms in total. The Hall–Kier alpha value is -2.69. The Kier molecular flexibility index (Phi) is 4.03. The van der Waals surface area contributed by atoms with Gasteiger partial charge in [0.15, 0.2) is 0 Å². The maximum atomic E-state index is 12.0.